The molecule has 332 valence electrons. The van der Waals surface area contributed by atoms with E-state index < -0.39 is 5.97 Å². The molecule has 2 unspecified atom stereocenters. The van der Waals surface area contributed by atoms with E-state index in [0.29, 0.717) is 58.8 Å². The molecule has 6 heterocycles. The van der Waals surface area contributed by atoms with E-state index in [4.69, 9.17) is 14.2 Å². The zero-order valence-corrected chi connectivity index (χ0v) is 38.0. The number of amides is 1. The number of likely N-dealkylation sites (N-methyl/N-ethyl adjacent to an activating group) is 1. The number of nitrogens with zero attached hydrogens (tertiary/aromatic N) is 7. The van der Waals surface area contributed by atoms with Gasteiger partial charge in [-0.15, -0.1) is 22.7 Å². The number of anilines is 4. The lowest BCUT2D eigenvalue weighted by Gasteiger charge is -2.28. The number of rotatable bonds is 14. The van der Waals surface area contributed by atoms with Crippen LogP contribution in [0, 0.1) is 11.8 Å². The second-order valence-corrected chi connectivity index (χ2v) is 18.3. The topological polar surface area (TPSA) is 186 Å². The van der Waals surface area contributed by atoms with Crippen molar-refractivity contribution >= 4 is 90.4 Å². The molecule has 2 aliphatic carbocycles. The third-order valence-electron chi connectivity index (χ3n) is 12.2. The maximum absolute atomic E-state index is 13.2. The second-order valence-electron chi connectivity index (χ2n) is 16.1. The number of ether oxygens (including phenoxy) is 3. The van der Waals surface area contributed by atoms with Gasteiger partial charge in [0.15, 0.2) is 0 Å². The van der Waals surface area contributed by atoms with Crippen LogP contribution in [0.3, 0.4) is 0 Å². The minimum absolute atomic E-state index is 0.00251. The molecule has 0 saturated carbocycles. The number of thiophene rings is 2. The number of aryl methyl sites for hydroxylation is 2. The summed E-state index contributed by atoms with van der Waals surface area (Å²) < 4.78 is 17.0. The number of methoxy groups -OCH3 is 1. The number of fused-ring (bicyclic) bond motifs is 8. The number of hydrogen-bond donors (Lipinski definition) is 3. The fourth-order valence-electron chi connectivity index (χ4n) is 8.99. The van der Waals surface area contributed by atoms with Crippen molar-refractivity contribution in [2.45, 2.75) is 72.4 Å². The summed E-state index contributed by atoms with van der Waals surface area (Å²) in [5, 5.41) is 18.4. The van der Waals surface area contributed by atoms with Gasteiger partial charge in [0.2, 0.25) is 5.91 Å². The highest BCUT2D eigenvalue weighted by Gasteiger charge is 2.32. The quantitative estimate of drug-likeness (QED) is 0.0951. The molecule has 3 N–H and O–H groups in total. The molecule has 0 saturated heterocycles. The van der Waals surface area contributed by atoms with Gasteiger partial charge in [-0.3, -0.25) is 19.6 Å². The summed E-state index contributed by atoms with van der Waals surface area (Å²) in [6, 6.07) is 8.23. The first-order valence-electron chi connectivity index (χ1n) is 21.9. The van der Waals surface area contributed by atoms with Crippen LogP contribution >= 0.6 is 22.7 Å². The van der Waals surface area contributed by atoms with Crippen LogP contribution in [-0.4, -0.2) is 94.3 Å². The maximum atomic E-state index is 13.2. The van der Waals surface area contributed by atoms with Crippen molar-refractivity contribution in [3.8, 4) is 11.5 Å². The number of benzene rings is 2. The Hall–Kier alpha value is -6.04. The van der Waals surface area contributed by atoms with Crippen LogP contribution in [0.4, 0.5) is 23.0 Å². The molecule has 0 radical (unpaired) electrons. The Labute approximate surface area is 379 Å². The van der Waals surface area contributed by atoms with E-state index in [0.717, 1.165) is 102 Å². The van der Waals surface area contributed by atoms with Gasteiger partial charge in [-0.1, -0.05) is 0 Å². The summed E-state index contributed by atoms with van der Waals surface area (Å²) >= 11 is 3.25. The van der Waals surface area contributed by atoms with Gasteiger partial charge in [0.25, 0.3) is 0 Å². The first-order chi connectivity index (χ1) is 31.3. The predicted molar refractivity (Wildman–Crippen MR) is 252 cm³/mol. The van der Waals surface area contributed by atoms with Crippen LogP contribution in [-0.2, 0) is 53.1 Å². The Morgan fingerprint density at radius 3 is 1.75 bits per heavy atom. The average molecular weight is 902 g/mol. The third-order valence-corrected chi connectivity index (χ3v) is 14.5. The highest BCUT2D eigenvalue weighted by Crippen LogP contribution is 2.44. The van der Waals surface area contributed by atoms with Crippen LogP contribution in [0.5, 0.6) is 11.5 Å². The van der Waals surface area contributed by atoms with Crippen LogP contribution in [0.1, 0.15) is 76.7 Å². The molecule has 6 aromatic rings. The Morgan fingerprint density at radius 1 is 0.750 bits per heavy atom. The van der Waals surface area contributed by atoms with Gasteiger partial charge in [-0.2, -0.15) is 0 Å². The maximum Gasteiger partial charge on any atom is 0.306 e. The molecule has 64 heavy (non-hydrogen) atoms. The van der Waals surface area contributed by atoms with Crippen LogP contribution < -0.4 is 20.1 Å². The minimum atomic E-state index is -0.723. The molecule has 1 amide bonds. The van der Waals surface area contributed by atoms with E-state index in [2.05, 4.69) is 52.7 Å². The molecule has 0 bridgehead atoms. The Kier molecular flexibility index (Phi) is 12.8. The van der Waals surface area contributed by atoms with E-state index in [9.17, 15) is 14.7 Å². The van der Waals surface area contributed by atoms with Crippen molar-refractivity contribution in [3.63, 3.8) is 0 Å². The van der Waals surface area contributed by atoms with Gasteiger partial charge >= 0.3 is 5.97 Å². The minimum Gasteiger partial charge on any atom is -0.492 e. The molecular weight excluding hydrogens is 851 g/mol. The number of nitrogens with one attached hydrogen (secondary N) is 2. The van der Waals surface area contributed by atoms with Crippen LogP contribution in [0.2, 0.25) is 0 Å². The zero-order valence-electron chi connectivity index (χ0n) is 36.4. The lowest BCUT2D eigenvalue weighted by Crippen LogP contribution is -2.39. The molecule has 2 atom stereocenters. The van der Waals surface area contributed by atoms with Gasteiger partial charge < -0.3 is 34.9 Å². The highest BCUT2D eigenvalue weighted by atomic mass is 32.1. The first-order valence-corrected chi connectivity index (χ1v) is 23.5. The number of carboxylic acids is 1. The van der Waals surface area contributed by atoms with Crippen molar-refractivity contribution < 1.29 is 28.9 Å². The molecule has 10 rings (SSSR count). The summed E-state index contributed by atoms with van der Waals surface area (Å²) in [7, 11) is 1.67. The van der Waals surface area contributed by atoms with E-state index in [-0.39, 0.29) is 17.7 Å². The summed E-state index contributed by atoms with van der Waals surface area (Å²) in [5.41, 5.74) is 8.66. The summed E-state index contributed by atoms with van der Waals surface area (Å²) in [6.45, 7) is 10.4. The van der Waals surface area contributed by atoms with Crippen molar-refractivity contribution in [1.82, 2.24) is 24.8 Å². The Morgan fingerprint density at radius 2 is 1.27 bits per heavy atom. The van der Waals surface area contributed by atoms with Crippen LogP contribution in [0.15, 0.2) is 46.9 Å². The smallest absolute Gasteiger partial charge is 0.306 e. The van der Waals surface area contributed by atoms with E-state index in [1.54, 1.807) is 42.4 Å². The highest BCUT2D eigenvalue weighted by molar-refractivity contribution is 7.19. The third kappa shape index (κ3) is 8.63. The first kappa shape index (κ1) is 43.2. The van der Waals surface area contributed by atoms with Crippen molar-refractivity contribution in [2.24, 2.45) is 21.8 Å². The van der Waals surface area contributed by atoms with Crippen molar-refractivity contribution in [3.05, 3.63) is 80.1 Å². The van der Waals surface area contributed by atoms with Gasteiger partial charge in [0.05, 0.1) is 61.0 Å². The van der Waals surface area contributed by atoms with Gasteiger partial charge in [-0.25, -0.2) is 19.9 Å². The second kappa shape index (κ2) is 19.0. The normalized spacial score (nSPS) is 16.7. The summed E-state index contributed by atoms with van der Waals surface area (Å²) in [4.78, 5) is 57.5. The van der Waals surface area contributed by atoms with Gasteiger partial charge in [0.1, 0.15) is 45.5 Å². The molecular formula is C47H51N9O6S2. The molecule has 17 heteroatoms. The number of carboxylic acid groups (broad SMARTS) is 1. The summed E-state index contributed by atoms with van der Waals surface area (Å²) in [5.74, 6) is 2.27. The zero-order chi connectivity index (χ0) is 44.3. The number of aliphatic carboxylic acids is 1. The number of aliphatic imine (C=N–C) groups is 2. The monoisotopic (exact) mass is 901 g/mol. The lowest BCUT2D eigenvalue weighted by atomic mass is 9.87. The Bertz CT molecular complexity index is 2800. The Balaban J connectivity index is 0.000000165. The largest absolute Gasteiger partial charge is 0.492 e. The predicted octanol–water partition coefficient (Wildman–Crippen LogP) is 8.32. The number of carbonyl (C=O) groups is 2. The number of hydrogen-bond acceptors (Lipinski definition) is 15. The fourth-order valence-corrected chi connectivity index (χ4v) is 11.5. The molecule has 15 nitrogen and oxygen atoms in total. The summed E-state index contributed by atoms with van der Waals surface area (Å²) in [6.07, 6.45) is 11.3. The van der Waals surface area contributed by atoms with Crippen molar-refractivity contribution in [1.29, 1.82) is 0 Å². The number of carbonyl (C=O) groups excluding carboxylic acids is 1. The molecule has 2 aromatic carbocycles. The molecule has 0 fully saturated rings. The van der Waals surface area contributed by atoms with Crippen LogP contribution in [0.25, 0.3) is 20.4 Å². The SMILES string of the molecule is CCOc1cc2c(cc1Nc1ncnc3sc4c(c13)CCC(C(=O)N(CC)CCOC)C4)C=NC2.CCOc1cc2c(cc1Nc1ncnc3sc4c(c13)CCC(C(=O)O)C4)C=NC2. The van der Waals surface area contributed by atoms with Gasteiger partial charge in [-0.05, 0) is 117 Å². The molecule has 2 aliphatic heterocycles. The molecule has 4 aliphatic rings. The average Bonchev–Trinajstić information content (AvgIpc) is 4.12. The standard InChI is InChI=1S/C26H31N5O3S.C21H20N4O3S/c1-4-31(8-9-33-3)26(32)16-6-7-19-22(12-16)35-25-23(19)24(28-15-29-25)30-20-10-17-13-27-14-18(17)11-21(20)34-5-2;1-2-28-16-6-13-9-22-8-12(13)5-15(16)25-19-18-14-4-3-11(21(26)27)7-17(14)29-20(18)24-10-23-19/h10-11,13,15-16H,4-9,12,14H2,1-3H3,(H,28,29,30);5-6,8,10-11H,2-4,7,9H2,1H3,(H,26,27)(H,23,24,25). The van der Waals surface area contributed by atoms with Gasteiger partial charge in [0, 0.05) is 48.3 Å². The lowest BCUT2D eigenvalue weighted by molar-refractivity contribution is -0.142. The fraction of sp³-hybridized carbons (Fsp3) is 0.404. The van der Waals surface area contributed by atoms with Crippen molar-refractivity contribution in [2.75, 3.05) is 50.7 Å². The van der Waals surface area contributed by atoms with E-state index in [1.807, 2.05) is 50.2 Å². The number of aromatic nitrogens is 4. The van der Waals surface area contributed by atoms with E-state index in [1.165, 1.54) is 21.6 Å². The molecule has 0 spiro atoms. The van der Waals surface area contributed by atoms with E-state index >= 15 is 0 Å². The molecule has 4 aromatic heterocycles.